The fourth-order valence-electron chi connectivity index (χ4n) is 0.891. The van der Waals surface area contributed by atoms with Crippen molar-refractivity contribution in [2.45, 2.75) is 13.8 Å². The standard InChI is InChI=1S/C8H12N2.ClH/c1-6-3-4-7(2)8(5-6)10-9;/h3-5,10H,9H2,1-2H3;1H. The van der Waals surface area contributed by atoms with Crippen LogP contribution in [0.4, 0.5) is 5.69 Å². The molecule has 3 N–H and O–H groups in total. The second-order valence-corrected chi connectivity index (χ2v) is 2.46. The zero-order valence-electron chi connectivity index (χ0n) is 6.72. The zero-order valence-corrected chi connectivity index (χ0v) is 7.53. The fraction of sp³-hybridized carbons (Fsp3) is 0.250. The zero-order chi connectivity index (χ0) is 7.56. The van der Waals surface area contributed by atoms with Crippen LogP contribution in [0.3, 0.4) is 0 Å². The molecule has 1 aromatic carbocycles. The summed E-state index contributed by atoms with van der Waals surface area (Å²) in [5.41, 5.74) is 6.03. The minimum atomic E-state index is 0. The molecular formula is C8H13ClN2. The number of hydrogen-bond acceptors (Lipinski definition) is 2. The van der Waals surface area contributed by atoms with Crippen molar-refractivity contribution >= 4 is 18.1 Å². The van der Waals surface area contributed by atoms with Crippen LogP contribution in [-0.4, -0.2) is 0 Å². The topological polar surface area (TPSA) is 38.0 Å². The van der Waals surface area contributed by atoms with E-state index < -0.39 is 0 Å². The van der Waals surface area contributed by atoms with E-state index in [0.717, 1.165) is 5.69 Å². The number of benzene rings is 1. The highest BCUT2D eigenvalue weighted by Gasteiger charge is 1.93. The second-order valence-electron chi connectivity index (χ2n) is 2.46. The summed E-state index contributed by atoms with van der Waals surface area (Å²) in [5.74, 6) is 5.27. The molecule has 0 fully saturated rings. The molecule has 0 saturated heterocycles. The van der Waals surface area contributed by atoms with Gasteiger partial charge in [-0.05, 0) is 31.0 Å². The minimum absolute atomic E-state index is 0. The number of nitrogens with one attached hydrogen (secondary N) is 1. The van der Waals surface area contributed by atoms with Gasteiger partial charge in [0.1, 0.15) is 0 Å². The molecule has 11 heavy (non-hydrogen) atoms. The van der Waals surface area contributed by atoms with Gasteiger partial charge in [-0.15, -0.1) is 12.4 Å². The summed E-state index contributed by atoms with van der Waals surface area (Å²) in [6, 6.07) is 6.13. The van der Waals surface area contributed by atoms with Crippen LogP contribution in [0.25, 0.3) is 0 Å². The van der Waals surface area contributed by atoms with E-state index in [1.54, 1.807) is 0 Å². The Hall–Kier alpha value is -0.730. The molecule has 3 heteroatoms. The first-order valence-electron chi connectivity index (χ1n) is 3.28. The molecule has 0 spiro atoms. The van der Waals surface area contributed by atoms with E-state index in [2.05, 4.69) is 11.5 Å². The summed E-state index contributed by atoms with van der Waals surface area (Å²) in [6.45, 7) is 4.06. The van der Waals surface area contributed by atoms with Gasteiger partial charge < -0.3 is 5.43 Å². The Bertz CT molecular complexity index is 236. The summed E-state index contributed by atoms with van der Waals surface area (Å²) in [7, 11) is 0. The Morgan fingerprint density at radius 1 is 1.27 bits per heavy atom. The van der Waals surface area contributed by atoms with Crippen molar-refractivity contribution in [1.29, 1.82) is 0 Å². The first kappa shape index (κ1) is 10.3. The normalized spacial score (nSPS) is 8.64. The van der Waals surface area contributed by atoms with E-state index in [1.165, 1.54) is 11.1 Å². The largest absolute Gasteiger partial charge is 0.324 e. The van der Waals surface area contributed by atoms with E-state index in [-0.39, 0.29) is 12.4 Å². The second kappa shape index (κ2) is 4.21. The van der Waals surface area contributed by atoms with Gasteiger partial charge >= 0.3 is 0 Å². The third kappa shape index (κ3) is 2.41. The lowest BCUT2D eigenvalue weighted by atomic mass is 10.1. The van der Waals surface area contributed by atoms with E-state index in [1.807, 2.05) is 26.0 Å². The Balaban J connectivity index is 0.000001000. The Morgan fingerprint density at radius 3 is 2.36 bits per heavy atom. The van der Waals surface area contributed by atoms with Crippen LogP contribution in [0.15, 0.2) is 18.2 Å². The molecule has 0 bridgehead atoms. The molecule has 0 radical (unpaired) electrons. The quantitative estimate of drug-likeness (QED) is 0.503. The van der Waals surface area contributed by atoms with Crippen LogP contribution in [0.2, 0.25) is 0 Å². The molecule has 0 aromatic heterocycles. The van der Waals surface area contributed by atoms with E-state index in [9.17, 15) is 0 Å². The van der Waals surface area contributed by atoms with Gasteiger partial charge in [0.25, 0.3) is 0 Å². The molecule has 62 valence electrons. The number of nitrogens with two attached hydrogens (primary N) is 1. The highest BCUT2D eigenvalue weighted by Crippen LogP contribution is 2.14. The van der Waals surface area contributed by atoms with E-state index >= 15 is 0 Å². The van der Waals surface area contributed by atoms with E-state index in [0.29, 0.717) is 0 Å². The Morgan fingerprint density at radius 2 is 1.91 bits per heavy atom. The average molecular weight is 173 g/mol. The number of rotatable bonds is 1. The molecule has 0 aliphatic heterocycles. The molecule has 0 unspecified atom stereocenters. The number of anilines is 1. The summed E-state index contributed by atoms with van der Waals surface area (Å²) >= 11 is 0. The van der Waals surface area contributed by atoms with Crippen LogP contribution in [0.1, 0.15) is 11.1 Å². The Labute approximate surface area is 73.2 Å². The number of nitrogen functional groups attached to an aromatic ring is 1. The van der Waals surface area contributed by atoms with Crippen LogP contribution < -0.4 is 11.3 Å². The molecule has 0 saturated carbocycles. The lowest BCUT2D eigenvalue weighted by Gasteiger charge is -2.04. The molecule has 0 aliphatic rings. The van der Waals surface area contributed by atoms with Crippen molar-refractivity contribution < 1.29 is 0 Å². The van der Waals surface area contributed by atoms with Gasteiger partial charge in [0, 0.05) is 0 Å². The summed E-state index contributed by atoms with van der Waals surface area (Å²) in [6.07, 6.45) is 0. The molecular weight excluding hydrogens is 160 g/mol. The van der Waals surface area contributed by atoms with Crippen molar-refractivity contribution in [3.05, 3.63) is 29.3 Å². The molecule has 1 rings (SSSR count). The van der Waals surface area contributed by atoms with Crippen molar-refractivity contribution in [2.75, 3.05) is 5.43 Å². The van der Waals surface area contributed by atoms with Gasteiger partial charge in [-0.2, -0.15) is 0 Å². The number of hydrogen-bond donors (Lipinski definition) is 2. The monoisotopic (exact) mass is 172 g/mol. The highest BCUT2D eigenvalue weighted by atomic mass is 35.5. The van der Waals surface area contributed by atoms with E-state index in [4.69, 9.17) is 5.84 Å². The molecule has 2 nitrogen and oxygen atoms in total. The summed E-state index contributed by atoms with van der Waals surface area (Å²) in [4.78, 5) is 0. The Kier molecular flexibility index (Phi) is 3.93. The fourth-order valence-corrected chi connectivity index (χ4v) is 0.891. The van der Waals surface area contributed by atoms with Crippen molar-refractivity contribution in [3.63, 3.8) is 0 Å². The van der Waals surface area contributed by atoms with Gasteiger partial charge in [0.15, 0.2) is 0 Å². The van der Waals surface area contributed by atoms with Gasteiger partial charge in [-0.1, -0.05) is 12.1 Å². The van der Waals surface area contributed by atoms with Gasteiger partial charge in [-0.3, -0.25) is 5.84 Å². The van der Waals surface area contributed by atoms with Crippen molar-refractivity contribution in [2.24, 2.45) is 5.84 Å². The maximum absolute atomic E-state index is 5.27. The average Bonchev–Trinajstić information content (AvgIpc) is 1.94. The summed E-state index contributed by atoms with van der Waals surface area (Å²) in [5, 5.41) is 0. The SMILES string of the molecule is Cc1ccc(C)c(NN)c1.Cl. The maximum Gasteiger partial charge on any atom is 0.0516 e. The number of halogens is 1. The van der Waals surface area contributed by atoms with Gasteiger partial charge in [0.2, 0.25) is 0 Å². The molecule has 0 atom stereocenters. The molecule has 0 heterocycles. The first-order chi connectivity index (χ1) is 4.74. The third-order valence-corrected chi connectivity index (χ3v) is 1.55. The third-order valence-electron chi connectivity index (χ3n) is 1.55. The molecule has 0 aliphatic carbocycles. The minimum Gasteiger partial charge on any atom is -0.324 e. The number of aryl methyl sites for hydroxylation is 2. The van der Waals surface area contributed by atoms with Crippen LogP contribution in [0.5, 0.6) is 0 Å². The molecule has 1 aromatic rings. The van der Waals surface area contributed by atoms with Crippen LogP contribution in [-0.2, 0) is 0 Å². The maximum atomic E-state index is 5.27. The van der Waals surface area contributed by atoms with Crippen LogP contribution >= 0.6 is 12.4 Å². The van der Waals surface area contributed by atoms with Gasteiger partial charge in [0.05, 0.1) is 5.69 Å². The molecule has 0 amide bonds. The number of hydrazine groups is 1. The first-order valence-corrected chi connectivity index (χ1v) is 3.28. The van der Waals surface area contributed by atoms with Crippen molar-refractivity contribution in [3.8, 4) is 0 Å². The predicted octanol–water partition coefficient (Wildman–Crippen LogP) is 2.01. The predicted molar refractivity (Wildman–Crippen MR) is 51.0 cm³/mol. The van der Waals surface area contributed by atoms with Gasteiger partial charge in [-0.25, -0.2) is 0 Å². The smallest absolute Gasteiger partial charge is 0.0516 e. The summed E-state index contributed by atoms with van der Waals surface area (Å²) < 4.78 is 0. The lowest BCUT2D eigenvalue weighted by Crippen LogP contribution is -2.07. The van der Waals surface area contributed by atoms with Crippen molar-refractivity contribution in [1.82, 2.24) is 0 Å². The van der Waals surface area contributed by atoms with Crippen LogP contribution in [0, 0.1) is 13.8 Å². The lowest BCUT2D eigenvalue weighted by molar-refractivity contribution is 1.29. The highest BCUT2D eigenvalue weighted by molar-refractivity contribution is 5.85.